The highest BCUT2D eigenvalue weighted by Gasteiger charge is 2.20. The standard InChI is InChI=1S/C28H32F2N4O3Si/c1-36-28(35)20-7-5-6-19(13-20)23-15-26-25(16-32-34(26)17-37-8-9-38(2,3)4)33-27(23)24(31)12-18-10-21(29)14-22(30)11-18/h5-7,10-11,13-16,24H,8-9,12,17,31H2,1-4H3/t24-/m0/s1. The summed E-state index contributed by atoms with van der Waals surface area (Å²) in [5.41, 5.74) is 10.6. The summed E-state index contributed by atoms with van der Waals surface area (Å²) in [4.78, 5) is 17.0. The molecule has 0 aliphatic rings. The van der Waals surface area contributed by atoms with Gasteiger partial charge in [0.15, 0.2) is 0 Å². The number of esters is 1. The number of pyridine rings is 1. The van der Waals surface area contributed by atoms with Gasteiger partial charge in [0.05, 0.1) is 36.1 Å². The van der Waals surface area contributed by atoms with Gasteiger partial charge in [0.1, 0.15) is 23.9 Å². The Morgan fingerprint density at radius 3 is 2.53 bits per heavy atom. The average Bonchev–Trinajstić information content (AvgIpc) is 3.26. The number of benzene rings is 2. The molecule has 1 atom stereocenters. The van der Waals surface area contributed by atoms with Crippen LogP contribution >= 0.6 is 0 Å². The Hall–Kier alpha value is -3.47. The van der Waals surface area contributed by atoms with Crippen LogP contribution in [0.3, 0.4) is 0 Å². The number of aromatic nitrogens is 3. The van der Waals surface area contributed by atoms with Gasteiger partial charge in [-0.3, -0.25) is 0 Å². The van der Waals surface area contributed by atoms with E-state index in [9.17, 15) is 13.6 Å². The summed E-state index contributed by atoms with van der Waals surface area (Å²) in [7, 11) is 0.0931. The van der Waals surface area contributed by atoms with Crippen LogP contribution in [0.1, 0.15) is 27.7 Å². The van der Waals surface area contributed by atoms with Crippen LogP contribution in [-0.4, -0.2) is 42.5 Å². The first-order valence-electron chi connectivity index (χ1n) is 12.4. The lowest BCUT2D eigenvalue weighted by atomic mass is 9.94. The van der Waals surface area contributed by atoms with Crippen molar-refractivity contribution in [3.05, 3.63) is 83.2 Å². The smallest absolute Gasteiger partial charge is 0.337 e. The fourth-order valence-corrected chi connectivity index (χ4v) is 4.93. The van der Waals surface area contributed by atoms with E-state index in [1.54, 1.807) is 29.1 Å². The van der Waals surface area contributed by atoms with Crippen molar-refractivity contribution in [3.8, 4) is 11.1 Å². The van der Waals surface area contributed by atoms with Crippen LogP contribution in [0.25, 0.3) is 22.2 Å². The first kappa shape index (κ1) is 27.6. The number of hydrogen-bond acceptors (Lipinski definition) is 6. The van der Waals surface area contributed by atoms with Crippen molar-refractivity contribution in [2.45, 2.75) is 44.9 Å². The zero-order valence-electron chi connectivity index (χ0n) is 22.0. The zero-order valence-corrected chi connectivity index (χ0v) is 23.0. The molecule has 2 N–H and O–H groups in total. The van der Waals surface area contributed by atoms with Gasteiger partial charge in [-0.25, -0.2) is 23.2 Å². The third-order valence-corrected chi connectivity index (χ3v) is 7.90. The van der Waals surface area contributed by atoms with E-state index < -0.39 is 31.7 Å². The van der Waals surface area contributed by atoms with Crippen LogP contribution in [0.2, 0.25) is 25.7 Å². The SMILES string of the molecule is COC(=O)c1cccc(-c2cc3c(cnn3COCC[Si](C)(C)C)nc2[C@@H](N)Cc2cc(F)cc(F)c2)c1. The maximum atomic E-state index is 13.8. The van der Waals surface area contributed by atoms with E-state index in [1.807, 2.05) is 12.1 Å². The number of methoxy groups -OCH3 is 1. The summed E-state index contributed by atoms with van der Waals surface area (Å²) in [6.45, 7) is 7.79. The van der Waals surface area contributed by atoms with Gasteiger partial charge in [0, 0.05) is 26.3 Å². The summed E-state index contributed by atoms with van der Waals surface area (Å²) in [6.07, 6.45) is 1.80. The monoisotopic (exact) mass is 538 g/mol. The molecule has 38 heavy (non-hydrogen) atoms. The van der Waals surface area contributed by atoms with E-state index in [0.717, 1.165) is 17.6 Å². The maximum absolute atomic E-state index is 13.8. The number of carbonyl (C=O) groups excluding carboxylic acids is 1. The number of hydrogen-bond donors (Lipinski definition) is 1. The van der Waals surface area contributed by atoms with Crippen LogP contribution in [-0.2, 0) is 22.6 Å². The Bertz CT molecular complexity index is 1430. The number of carbonyl (C=O) groups is 1. The van der Waals surface area contributed by atoms with Gasteiger partial charge >= 0.3 is 5.97 Å². The van der Waals surface area contributed by atoms with Crippen LogP contribution < -0.4 is 5.73 Å². The minimum Gasteiger partial charge on any atom is -0.465 e. The predicted molar refractivity (Wildman–Crippen MR) is 145 cm³/mol. The molecule has 4 rings (SSSR count). The minimum atomic E-state index is -1.23. The van der Waals surface area contributed by atoms with Crippen molar-refractivity contribution in [2.24, 2.45) is 5.73 Å². The van der Waals surface area contributed by atoms with Crippen LogP contribution in [0.4, 0.5) is 8.78 Å². The lowest BCUT2D eigenvalue weighted by Gasteiger charge is -2.18. The molecule has 0 saturated carbocycles. The van der Waals surface area contributed by atoms with Crippen molar-refractivity contribution < 1.29 is 23.0 Å². The first-order valence-corrected chi connectivity index (χ1v) is 16.1. The Morgan fingerprint density at radius 2 is 1.84 bits per heavy atom. The lowest BCUT2D eigenvalue weighted by Crippen LogP contribution is -2.22. The highest BCUT2D eigenvalue weighted by molar-refractivity contribution is 6.76. The van der Waals surface area contributed by atoms with Gasteiger partial charge in [0.2, 0.25) is 0 Å². The Morgan fingerprint density at radius 1 is 1.11 bits per heavy atom. The molecule has 200 valence electrons. The normalized spacial score (nSPS) is 12.6. The molecular formula is C28H32F2N4O3Si. The molecule has 0 aliphatic carbocycles. The summed E-state index contributed by atoms with van der Waals surface area (Å²) >= 11 is 0. The van der Waals surface area contributed by atoms with Gasteiger partial charge in [-0.1, -0.05) is 31.8 Å². The van der Waals surface area contributed by atoms with E-state index >= 15 is 0 Å². The molecule has 0 aliphatic heterocycles. The second kappa shape index (κ2) is 11.5. The molecule has 0 spiro atoms. The molecular weight excluding hydrogens is 506 g/mol. The summed E-state index contributed by atoms with van der Waals surface area (Å²) in [5.74, 6) is -1.81. The number of fused-ring (bicyclic) bond motifs is 1. The summed E-state index contributed by atoms with van der Waals surface area (Å²) in [5, 5.41) is 4.46. The van der Waals surface area contributed by atoms with Crippen molar-refractivity contribution in [1.29, 1.82) is 0 Å². The Balaban J connectivity index is 1.74. The van der Waals surface area contributed by atoms with E-state index in [-0.39, 0.29) is 13.2 Å². The van der Waals surface area contributed by atoms with Crippen molar-refractivity contribution in [3.63, 3.8) is 0 Å². The average molecular weight is 539 g/mol. The third-order valence-electron chi connectivity index (χ3n) is 6.19. The first-order chi connectivity index (χ1) is 18.0. The van der Waals surface area contributed by atoms with E-state index in [0.29, 0.717) is 40.1 Å². The molecule has 0 radical (unpaired) electrons. The second-order valence-electron chi connectivity index (χ2n) is 10.5. The Kier molecular flexibility index (Phi) is 8.34. The van der Waals surface area contributed by atoms with Crippen molar-refractivity contribution in [2.75, 3.05) is 13.7 Å². The van der Waals surface area contributed by atoms with E-state index in [4.69, 9.17) is 20.2 Å². The number of nitrogens with zero attached hydrogens (tertiary/aromatic N) is 3. The maximum Gasteiger partial charge on any atom is 0.337 e. The van der Waals surface area contributed by atoms with Crippen LogP contribution in [0.5, 0.6) is 0 Å². The molecule has 2 aromatic carbocycles. The van der Waals surface area contributed by atoms with Gasteiger partial charge in [-0.05, 0) is 53.9 Å². The molecule has 0 bridgehead atoms. The summed E-state index contributed by atoms with van der Waals surface area (Å²) < 4.78 is 40.2. The third kappa shape index (κ3) is 6.69. The van der Waals surface area contributed by atoms with Gasteiger partial charge in [-0.2, -0.15) is 5.10 Å². The highest BCUT2D eigenvalue weighted by Crippen LogP contribution is 2.32. The quantitative estimate of drug-likeness (QED) is 0.158. The number of rotatable bonds is 10. The molecule has 2 aromatic heterocycles. The minimum absolute atomic E-state index is 0.158. The topological polar surface area (TPSA) is 92.3 Å². The second-order valence-corrected chi connectivity index (χ2v) is 16.1. The van der Waals surface area contributed by atoms with Gasteiger partial charge in [-0.15, -0.1) is 0 Å². The largest absolute Gasteiger partial charge is 0.465 e. The molecule has 0 fully saturated rings. The molecule has 10 heteroatoms. The van der Waals surface area contributed by atoms with Gasteiger partial charge < -0.3 is 15.2 Å². The molecule has 2 heterocycles. The summed E-state index contributed by atoms with van der Waals surface area (Å²) in [6, 6.07) is 12.6. The molecule has 4 aromatic rings. The number of nitrogens with two attached hydrogens (primary N) is 1. The number of ether oxygens (including phenoxy) is 2. The molecule has 0 amide bonds. The fraction of sp³-hybridized carbons (Fsp3) is 0.321. The highest BCUT2D eigenvalue weighted by atomic mass is 28.3. The van der Waals surface area contributed by atoms with Gasteiger partial charge in [0.25, 0.3) is 0 Å². The zero-order chi connectivity index (χ0) is 27.4. The lowest BCUT2D eigenvalue weighted by molar-refractivity contribution is 0.0600. The fourth-order valence-electron chi connectivity index (χ4n) is 4.18. The van der Waals surface area contributed by atoms with Crippen LogP contribution in [0, 0.1) is 11.6 Å². The van der Waals surface area contributed by atoms with E-state index in [1.165, 1.54) is 19.2 Å². The van der Waals surface area contributed by atoms with E-state index in [2.05, 4.69) is 24.7 Å². The van der Waals surface area contributed by atoms with Crippen LogP contribution in [0.15, 0.2) is 54.7 Å². The Labute approximate surface area is 221 Å². The number of halogens is 2. The molecule has 7 nitrogen and oxygen atoms in total. The van der Waals surface area contributed by atoms with Crippen molar-refractivity contribution >= 4 is 25.1 Å². The molecule has 0 unspecified atom stereocenters. The molecule has 0 saturated heterocycles. The van der Waals surface area contributed by atoms with Crippen molar-refractivity contribution in [1.82, 2.24) is 14.8 Å². The predicted octanol–water partition coefficient (Wildman–Crippen LogP) is 5.72.